The van der Waals surface area contributed by atoms with Crippen LogP contribution in [-0.4, -0.2) is 54.7 Å². The SMILES string of the molecule is CCNC(=O)NC(=O)CNc1ccccc1CN1CCC(CO)CC1. The van der Waals surface area contributed by atoms with E-state index in [1.165, 1.54) is 0 Å². The highest BCUT2D eigenvalue weighted by molar-refractivity contribution is 5.96. The van der Waals surface area contributed by atoms with E-state index in [1.807, 2.05) is 24.3 Å². The van der Waals surface area contributed by atoms with Crippen molar-refractivity contribution in [1.82, 2.24) is 15.5 Å². The lowest BCUT2D eigenvalue weighted by Crippen LogP contribution is -2.41. The lowest BCUT2D eigenvalue weighted by molar-refractivity contribution is -0.118. The number of anilines is 1. The molecule has 0 spiro atoms. The van der Waals surface area contributed by atoms with Crippen molar-refractivity contribution in [3.05, 3.63) is 29.8 Å². The number of urea groups is 1. The summed E-state index contributed by atoms with van der Waals surface area (Å²) in [6, 6.07) is 7.41. The zero-order valence-electron chi connectivity index (χ0n) is 14.8. The van der Waals surface area contributed by atoms with Crippen molar-refractivity contribution in [2.45, 2.75) is 26.3 Å². The number of hydrogen-bond acceptors (Lipinski definition) is 5. The Hall–Kier alpha value is -2.12. The topological polar surface area (TPSA) is 93.7 Å². The van der Waals surface area contributed by atoms with Crippen LogP contribution >= 0.6 is 0 Å². The van der Waals surface area contributed by atoms with Gasteiger partial charge in [0.15, 0.2) is 0 Å². The molecule has 7 heteroatoms. The minimum absolute atomic E-state index is 0.0424. The first-order chi connectivity index (χ1) is 12.1. The second kappa shape index (κ2) is 10.0. The number of aliphatic hydroxyl groups is 1. The third-order valence-electron chi connectivity index (χ3n) is 4.41. The molecule has 0 radical (unpaired) electrons. The van der Waals surface area contributed by atoms with Gasteiger partial charge in [0.1, 0.15) is 0 Å². The smallest absolute Gasteiger partial charge is 0.321 e. The van der Waals surface area contributed by atoms with Gasteiger partial charge in [0.25, 0.3) is 0 Å². The number of para-hydroxylation sites is 1. The molecular formula is C18H28N4O3. The first-order valence-electron chi connectivity index (χ1n) is 8.85. The molecule has 2 rings (SSSR count). The van der Waals surface area contributed by atoms with Gasteiger partial charge >= 0.3 is 6.03 Å². The maximum absolute atomic E-state index is 11.8. The molecule has 0 saturated carbocycles. The summed E-state index contributed by atoms with van der Waals surface area (Å²) in [4.78, 5) is 25.5. The molecule has 138 valence electrons. The fourth-order valence-electron chi connectivity index (χ4n) is 2.95. The van der Waals surface area contributed by atoms with Gasteiger partial charge in [-0.15, -0.1) is 0 Å². The van der Waals surface area contributed by atoms with Gasteiger partial charge in [-0.25, -0.2) is 4.79 Å². The minimum Gasteiger partial charge on any atom is -0.396 e. The first kappa shape index (κ1) is 19.2. The molecule has 1 fully saturated rings. The Morgan fingerprint density at radius 2 is 1.96 bits per heavy atom. The fraction of sp³-hybridized carbons (Fsp3) is 0.556. The number of carbonyl (C=O) groups is 2. The van der Waals surface area contributed by atoms with Crippen molar-refractivity contribution >= 4 is 17.6 Å². The third-order valence-corrected chi connectivity index (χ3v) is 4.41. The van der Waals surface area contributed by atoms with Crippen molar-refractivity contribution in [1.29, 1.82) is 0 Å². The number of aliphatic hydroxyl groups excluding tert-OH is 1. The number of benzene rings is 1. The van der Waals surface area contributed by atoms with Gasteiger partial charge in [0, 0.05) is 25.4 Å². The second-order valence-electron chi connectivity index (χ2n) is 6.32. The van der Waals surface area contributed by atoms with Crippen LogP contribution in [0.1, 0.15) is 25.3 Å². The van der Waals surface area contributed by atoms with Gasteiger partial charge in [-0.2, -0.15) is 0 Å². The maximum Gasteiger partial charge on any atom is 0.321 e. The van der Waals surface area contributed by atoms with Gasteiger partial charge < -0.3 is 15.7 Å². The standard InChI is InChI=1S/C18H28N4O3/c1-2-19-18(25)21-17(24)11-20-16-6-4-3-5-15(16)12-22-9-7-14(13-23)8-10-22/h3-6,14,20,23H,2,7-13H2,1H3,(H2,19,21,24,25). The summed E-state index contributed by atoms with van der Waals surface area (Å²) in [7, 11) is 0. The van der Waals surface area contributed by atoms with E-state index >= 15 is 0 Å². The average molecular weight is 348 g/mol. The molecule has 0 unspecified atom stereocenters. The van der Waals surface area contributed by atoms with E-state index in [2.05, 4.69) is 20.9 Å². The number of amides is 3. The summed E-state index contributed by atoms with van der Waals surface area (Å²) in [6.45, 7) is 5.32. The lowest BCUT2D eigenvalue weighted by atomic mass is 9.97. The maximum atomic E-state index is 11.8. The van der Waals surface area contributed by atoms with Gasteiger partial charge in [0.2, 0.25) is 5.91 Å². The largest absolute Gasteiger partial charge is 0.396 e. The zero-order valence-corrected chi connectivity index (χ0v) is 14.8. The van der Waals surface area contributed by atoms with E-state index in [1.54, 1.807) is 6.92 Å². The number of likely N-dealkylation sites (tertiary alicyclic amines) is 1. The van der Waals surface area contributed by atoms with Crippen molar-refractivity contribution in [3.8, 4) is 0 Å². The molecule has 7 nitrogen and oxygen atoms in total. The Balaban J connectivity index is 1.85. The van der Waals surface area contributed by atoms with Crippen LogP contribution in [0.25, 0.3) is 0 Å². The summed E-state index contributed by atoms with van der Waals surface area (Å²) in [6.07, 6.45) is 2.03. The number of rotatable bonds is 7. The molecule has 4 N–H and O–H groups in total. The predicted molar refractivity (Wildman–Crippen MR) is 97.2 cm³/mol. The Morgan fingerprint density at radius 1 is 1.24 bits per heavy atom. The normalized spacial score (nSPS) is 15.6. The zero-order chi connectivity index (χ0) is 18.1. The second-order valence-corrected chi connectivity index (χ2v) is 6.32. The van der Waals surface area contributed by atoms with Crippen molar-refractivity contribution in [2.24, 2.45) is 5.92 Å². The number of piperidine rings is 1. The van der Waals surface area contributed by atoms with Crippen LogP contribution < -0.4 is 16.0 Å². The molecule has 0 bridgehead atoms. The van der Waals surface area contributed by atoms with Crippen LogP contribution in [0.4, 0.5) is 10.5 Å². The molecule has 0 atom stereocenters. The number of carbonyl (C=O) groups excluding carboxylic acids is 2. The highest BCUT2D eigenvalue weighted by Gasteiger charge is 2.19. The summed E-state index contributed by atoms with van der Waals surface area (Å²) in [5, 5.41) is 17.1. The first-order valence-corrected chi connectivity index (χ1v) is 8.85. The Bertz CT molecular complexity index is 571. The molecule has 1 saturated heterocycles. The van der Waals surface area contributed by atoms with Gasteiger partial charge in [-0.05, 0) is 50.4 Å². The summed E-state index contributed by atoms with van der Waals surface area (Å²) < 4.78 is 0. The predicted octanol–water partition coefficient (Wildman–Crippen LogP) is 1.15. The van der Waals surface area contributed by atoms with Crippen LogP contribution in [0.2, 0.25) is 0 Å². The van der Waals surface area contributed by atoms with Crippen LogP contribution in [0, 0.1) is 5.92 Å². The van der Waals surface area contributed by atoms with E-state index in [9.17, 15) is 14.7 Å². The van der Waals surface area contributed by atoms with Gasteiger partial charge in [-0.1, -0.05) is 18.2 Å². The molecule has 1 aromatic carbocycles. The molecule has 0 aromatic heterocycles. The summed E-state index contributed by atoms with van der Waals surface area (Å²) in [5.74, 6) is 0.0482. The van der Waals surface area contributed by atoms with Crippen molar-refractivity contribution < 1.29 is 14.7 Å². The summed E-state index contributed by atoms with van der Waals surface area (Å²) >= 11 is 0. The minimum atomic E-state index is -0.477. The van der Waals surface area contributed by atoms with Crippen LogP contribution in [0.3, 0.4) is 0 Å². The van der Waals surface area contributed by atoms with Crippen LogP contribution in [-0.2, 0) is 11.3 Å². The lowest BCUT2D eigenvalue weighted by Gasteiger charge is -2.31. The molecule has 1 aromatic rings. The Morgan fingerprint density at radius 3 is 2.64 bits per heavy atom. The van der Waals surface area contributed by atoms with Gasteiger partial charge in [-0.3, -0.25) is 15.0 Å². The Labute approximate surface area is 148 Å². The Kier molecular flexibility index (Phi) is 7.69. The quantitative estimate of drug-likeness (QED) is 0.593. The van der Waals surface area contributed by atoms with E-state index in [0.717, 1.165) is 43.7 Å². The van der Waals surface area contributed by atoms with E-state index in [0.29, 0.717) is 12.5 Å². The van der Waals surface area contributed by atoms with Crippen molar-refractivity contribution in [2.75, 3.05) is 38.1 Å². The molecule has 1 heterocycles. The molecule has 1 aliphatic heterocycles. The number of hydrogen-bond donors (Lipinski definition) is 4. The number of nitrogens with zero attached hydrogens (tertiary/aromatic N) is 1. The average Bonchev–Trinajstić information content (AvgIpc) is 2.62. The molecule has 25 heavy (non-hydrogen) atoms. The summed E-state index contributed by atoms with van der Waals surface area (Å²) in [5.41, 5.74) is 2.02. The molecular weight excluding hydrogens is 320 g/mol. The van der Waals surface area contributed by atoms with Crippen molar-refractivity contribution in [3.63, 3.8) is 0 Å². The van der Waals surface area contributed by atoms with E-state index in [4.69, 9.17) is 0 Å². The van der Waals surface area contributed by atoms with E-state index < -0.39 is 6.03 Å². The fourth-order valence-corrected chi connectivity index (χ4v) is 2.95. The monoisotopic (exact) mass is 348 g/mol. The number of nitrogens with one attached hydrogen (secondary N) is 3. The van der Waals surface area contributed by atoms with Crippen LogP contribution in [0.5, 0.6) is 0 Å². The number of imide groups is 1. The van der Waals surface area contributed by atoms with Crippen LogP contribution in [0.15, 0.2) is 24.3 Å². The highest BCUT2D eigenvalue weighted by atomic mass is 16.3. The molecule has 3 amide bonds. The van der Waals surface area contributed by atoms with E-state index in [-0.39, 0.29) is 19.1 Å². The highest BCUT2D eigenvalue weighted by Crippen LogP contribution is 2.22. The molecule has 0 aliphatic carbocycles. The third kappa shape index (κ3) is 6.36. The molecule has 1 aliphatic rings. The van der Waals surface area contributed by atoms with Gasteiger partial charge in [0.05, 0.1) is 6.54 Å².